The van der Waals surface area contributed by atoms with Gasteiger partial charge in [0.05, 0.1) is 28.5 Å². The molecule has 1 aromatic carbocycles. The van der Waals surface area contributed by atoms with E-state index >= 15 is 0 Å². The fourth-order valence-corrected chi connectivity index (χ4v) is 3.95. The van der Waals surface area contributed by atoms with Crippen LogP contribution in [0.4, 0.5) is 0 Å². The highest BCUT2D eigenvalue weighted by molar-refractivity contribution is 7.90. The first kappa shape index (κ1) is 18.9. The lowest BCUT2D eigenvalue weighted by atomic mass is 10.0. The molecule has 1 aliphatic carbocycles. The summed E-state index contributed by atoms with van der Waals surface area (Å²) >= 11 is 4.53. The number of hydrogen-bond acceptors (Lipinski definition) is 6. The van der Waals surface area contributed by atoms with Gasteiger partial charge in [0.2, 0.25) is 5.78 Å². The van der Waals surface area contributed by atoms with E-state index in [0.29, 0.717) is 11.3 Å². The Kier molecular flexibility index (Phi) is 5.41. The summed E-state index contributed by atoms with van der Waals surface area (Å²) in [5, 5.41) is 3.82. The van der Waals surface area contributed by atoms with Crippen molar-refractivity contribution in [3.05, 3.63) is 45.8 Å². The molecule has 3 rings (SSSR count). The standard InChI is InChI=1S/C18H18ClNO5S/c1-9(2)24-18(22)14-13(19)7-6-11(17(14)26(3)23)15(21)12-8-20-25-16(12)10-4-5-10/h6-10H,4-5H2,1-3H3. The number of ketones is 1. The fraction of sp³-hybridized carbons (Fsp3) is 0.389. The molecule has 0 saturated heterocycles. The third-order valence-electron chi connectivity index (χ3n) is 3.98. The minimum absolute atomic E-state index is 0.0449. The summed E-state index contributed by atoms with van der Waals surface area (Å²) in [5.74, 6) is -0.389. The molecule has 0 bridgehead atoms. The molecule has 6 nitrogen and oxygen atoms in total. The fourth-order valence-electron chi connectivity index (χ4n) is 2.70. The van der Waals surface area contributed by atoms with Crippen LogP contribution in [0.1, 0.15) is 64.6 Å². The first-order chi connectivity index (χ1) is 12.3. The number of carbonyl (C=O) groups is 2. The molecule has 1 heterocycles. The number of aromatic nitrogens is 1. The van der Waals surface area contributed by atoms with Gasteiger partial charge in [0, 0.05) is 5.92 Å². The predicted octanol–water partition coefficient (Wildman–Crippen LogP) is 3.74. The number of nitrogens with zero attached hydrogens (tertiary/aromatic N) is 1. The van der Waals surface area contributed by atoms with E-state index < -0.39 is 22.9 Å². The first-order valence-electron chi connectivity index (χ1n) is 8.17. The highest BCUT2D eigenvalue weighted by Crippen LogP contribution is 2.42. The minimum atomic E-state index is -1.64. The second-order valence-corrected chi connectivity index (χ2v) is 8.14. The van der Waals surface area contributed by atoms with Gasteiger partial charge >= 0.3 is 5.97 Å². The van der Waals surface area contributed by atoms with Crippen LogP contribution in [0, 0.1) is 0 Å². The van der Waals surface area contributed by atoms with Gasteiger partial charge in [0.15, 0.2) is 10.7 Å². The van der Waals surface area contributed by atoms with Crippen molar-refractivity contribution in [1.82, 2.24) is 5.16 Å². The molecule has 1 fully saturated rings. The van der Waals surface area contributed by atoms with Crippen molar-refractivity contribution >= 4 is 34.5 Å². The lowest BCUT2D eigenvalue weighted by Crippen LogP contribution is -2.19. The third kappa shape index (κ3) is 3.65. The van der Waals surface area contributed by atoms with E-state index in [4.69, 9.17) is 20.9 Å². The van der Waals surface area contributed by atoms with Crippen LogP contribution in [0.3, 0.4) is 0 Å². The Labute approximate surface area is 159 Å². The van der Waals surface area contributed by atoms with Crippen LogP contribution in [0.25, 0.3) is 0 Å². The number of ether oxygens (including phenoxy) is 1. The van der Waals surface area contributed by atoms with Gasteiger partial charge in [-0.1, -0.05) is 16.8 Å². The van der Waals surface area contributed by atoms with Crippen LogP contribution in [0.5, 0.6) is 0 Å². The average molecular weight is 396 g/mol. The molecular weight excluding hydrogens is 378 g/mol. The summed E-state index contributed by atoms with van der Waals surface area (Å²) in [6, 6.07) is 2.91. The van der Waals surface area contributed by atoms with Crippen LogP contribution >= 0.6 is 11.6 Å². The zero-order valence-electron chi connectivity index (χ0n) is 14.6. The van der Waals surface area contributed by atoms with Crippen molar-refractivity contribution in [1.29, 1.82) is 0 Å². The van der Waals surface area contributed by atoms with Crippen molar-refractivity contribution in [3.8, 4) is 0 Å². The second-order valence-electron chi connectivity index (χ2n) is 6.41. The largest absolute Gasteiger partial charge is 0.612 e. The third-order valence-corrected chi connectivity index (χ3v) is 5.29. The quantitative estimate of drug-likeness (QED) is 0.420. The van der Waals surface area contributed by atoms with Crippen molar-refractivity contribution < 1.29 is 23.4 Å². The van der Waals surface area contributed by atoms with Gasteiger partial charge in [0.25, 0.3) is 0 Å². The summed E-state index contributed by atoms with van der Waals surface area (Å²) in [4.78, 5) is 25.6. The number of benzene rings is 1. The van der Waals surface area contributed by atoms with Gasteiger partial charge in [-0.15, -0.1) is 0 Å². The normalized spacial score (nSPS) is 15.2. The Bertz CT molecular complexity index is 857. The summed E-state index contributed by atoms with van der Waals surface area (Å²) in [6.07, 6.45) is 4.25. The maximum absolute atomic E-state index is 13.1. The Morgan fingerprint density at radius 3 is 2.62 bits per heavy atom. The Balaban J connectivity index is 2.11. The molecule has 0 aliphatic heterocycles. The maximum Gasteiger partial charge on any atom is 0.345 e. The molecule has 2 aromatic rings. The average Bonchev–Trinajstić information content (AvgIpc) is 3.29. The smallest absolute Gasteiger partial charge is 0.345 e. The number of carbonyl (C=O) groups excluding carboxylic acids is 2. The van der Waals surface area contributed by atoms with Crippen LogP contribution < -0.4 is 0 Å². The molecule has 0 N–H and O–H groups in total. The number of hydrogen-bond donors (Lipinski definition) is 0. The number of rotatable bonds is 6. The van der Waals surface area contributed by atoms with Gasteiger partial charge < -0.3 is 13.8 Å². The van der Waals surface area contributed by atoms with Crippen LogP contribution in [-0.4, -0.2) is 33.8 Å². The summed E-state index contributed by atoms with van der Waals surface area (Å²) in [5.41, 5.74) is 0.414. The van der Waals surface area contributed by atoms with E-state index in [0.717, 1.165) is 12.8 Å². The molecule has 0 radical (unpaired) electrons. The summed E-state index contributed by atoms with van der Waals surface area (Å²) < 4.78 is 22.8. The molecular formula is C18H18ClNO5S. The highest BCUT2D eigenvalue weighted by atomic mass is 35.5. The molecule has 26 heavy (non-hydrogen) atoms. The summed E-state index contributed by atoms with van der Waals surface area (Å²) in [7, 11) is 0. The molecule has 0 spiro atoms. The molecule has 1 aromatic heterocycles. The molecule has 8 heteroatoms. The molecule has 1 unspecified atom stereocenters. The number of esters is 1. The predicted molar refractivity (Wildman–Crippen MR) is 96.2 cm³/mol. The van der Waals surface area contributed by atoms with E-state index in [2.05, 4.69) is 5.16 Å². The minimum Gasteiger partial charge on any atom is -0.612 e. The lowest BCUT2D eigenvalue weighted by molar-refractivity contribution is 0.0373. The molecule has 138 valence electrons. The highest BCUT2D eigenvalue weighted by Gasteiger charge is 2.36. The Morgan fingerprint density at radius 1 is 1.35 bits per heavy atom. The second kappa shape index (κ2) is 7.42. The van der Waals surface area contributed by atoms with Gasteiger partial charge in [0.1, 0.15) is 11.8 Å². The van der Waals surface area contributed by atoms with Crippen molar-refractivity contribution in [2.24, 2.45) is 0 Å². The maximum atomic E-state index is 13.1. The van der Waals surface area contributed by atoms with Gasteiger partial charge in [-0.2, -0.15) is 0 Å². The topological polar surface area (TPSA) is 92.5 Å². The van der Waals surface area contributed by atoms with E-state index in [1.54, 1.807) is 13.8 Å². The number of halogens is 1. The SMILES string of the molecule is CC(C)OC(=O)c1c(Cl)ccc(C(=O)c2cnoc2C2CC2)c1[S+](C)[O-]. The van der Waals surface area contributed by atoms with E-state index in [1.807, 2.05) is 0 Å². The Hall–Kier alpha value is -1.83. The zero-order valence-corrected chi connectivity index (χ0v) is 16.1. The van der Waals surface area contributed by atoms with Gasteiger partial charge in [-0.05, 0) is 50.0 Å². The Morgan fingerprint density at radius 2 is 2.04 bits per heavy atom. The molecule has 1 saturated carbocycles. The zero-order chi connectivity index (χ0) is 19.0. The van der Waals surface area contributed by atoms with E-state index in [1.165, 1.54) is 24.6 Å². The molecule has 0 amide bonds. The van der Waals surface area contributed by atoms with Gasteiger partial charge in [-0.3, -0.25) is 4.79 Å². The van der Waals surface area contributed by atoms with Crippen molar-refractivity contribution in [2.45, 2.75) is 43.6 Å². The lowest BCUT2D eigenvalue weighted by Gasteiger charge is -2.16. The molecule has 1 aliphatic rings. The van der Waals surface area contributed by atoms with Gasteiger partial charge in [-0.25, -0.2) is 4.79 Å². The summed E-state index contributed by atoms with van der Waals surface area (Å²) in [6.45, 7) is 3.39. The van der Waals surface area contributed by atoms with E-state index in [9.17, 15) is 14.1 Å². The van der Waals surface area contributed by atoms with Crippen molar-refractivity contribution in [3.63, 3.8) is 0 Å². The van der Waals surface area contributed by atoms with Crippen LogP contribution in [-0.2, 0) is 15.9 Å². The van der Waals surface area contributed by atoms with Crippen molar-refractivity contribution in [2.75, 3.05) is 6.26 Å². The first-order valence-corrected chi connectivity index (χ1v) is 10.1. The van der Waals surface area contributed by atoms with Crippen LogP contribution in [0.2, 0.25) is 5.02 Å². The molecule has 1 atom stereocenters. The van der Waals surface area contributed by atoms with E-state index in [-0.39, 0.29) is 33.1 Å². The monoisotopic (exact) mass is 395 g/mol. The van der Waals surface area contributed by atoms with Crippen LogP contribution in [0.15, 0.2) is 27.7 Å².